The second-order valence-electron chi connectivity index (χ2n) is 6.14. The molecule has 0 spiro atoms. The molecule has 2 aromatic carbocycles. The number of carbonyl (C=O) groups is 2. The van der Waals surface area contributed by atoms with Crippen molar-refractivity contribution in [2.24, 2.45) is 4.99 Å². The zero-order valence-electron chi connectivity index (χ0n) is 16.5. The van der Waals surface area contributed by atoms with E-state index in [0.29, 0.717) is 38.3 Å². The number of aromatic carboxylic acids is 1. The van der Waals surface area contributed by atoms with Gasteiger partial charge in [-0.1, -0.05) is 0 Å². The molecule has 2 aromatic rings. The van der Waals surface area contributed by atoms with Crippen LogP contribution >= 0.6 is 27.7 Å². The van der Waals surface area contributed by atoms with Crippen molar-refractivity contribution in [3.05, 3.63) is 56.9 Å². The first-order valence-corrected chi connectivity index (χ1v) is 10.5. The molecular weight excluding hydrogens is 472 g/mol. The standard InChI is InChI=1S/C21H19BrN2O5S/c1-4-24-19(25)17(11-12-9-15(22)18(29-3)16(10-12)28-2)30-21(24)23-14-7-5-13(6-8-14)20(26)27/h5-11H,4H2,1-3H3,(H,26,27)/b17-11-,23-21?. The van der Waals surface area contributed by atoms with Crippen LogP contribution in [0.25, 0.3) is 6.08 Å². The Morgan fingerprint density at radius 2 is 1.93 bits per heavy atom. The summed E-state index contributed by atoms with van der Waals surface area (Å²) in [6, 6.07) is 9.83. The van der Waals surface area contributed by atoms with Gasteiger partial charge in [0.05, 0.1) is 34.8 Å². The highest BCUT2D eigenvalue weighted by Gasteiger charge is 2.32. The average Bonchev–Trinajstić information content (AvgIpc) is 3.01. The largest absolute Gasteiger partial charge is 0.493 e. The van der Waals surface area contributed by atoms with Gasteiger partial charge in [0.25, 0.3) is 5.91 Å². The Balaban J connectivity index is 1.94. The molecule has 0 atom stereocenters. The van der Waals surface area contributed by atoms with E-state index in [9.17, 15) is 9.59 Å². The van der Waals surface area contributed by atoms with Gasteiger partial charge in [-0.2, -0.15) is 0 Å². The van der Waals surface area contributed by atoms with Crippen LogP contribution in [0.3, 0.4) is 0 Å². The van der Waals surface area contributed by atoms with Gasteiger partial charge in [-0.3, -0.25) is 9.69 Å². The highest BCUT2D eigenvalue weighted by molar-refractivity contribution is 9.10. The monoisotopic (exact) mass is 490 g/mol. The van der Waals surface area contributed by atoms with Crippen molar-refractivity contribution < 1.29 is 24.2 Å². The van der Waals surface area contributed by atoms with Crippen LogP contribution < -0.4 is 9.47 Å². The number of hydrogen-bond donors (Lipinski definition) is 1. The summed E-state index contributed by atoms with van der Waals surface area (Å²) in [6.45, 7) is 2.34. The molecule has 1 saturated heterocycles. The van der Waals surface area contributed by atoms with E-state index in [1.807, 2.05) is 13.0 Å². The maximum Gasteiger partial charge on any atom is 0.335 e. The lowest BCUT2D eigenvalue weighted by molar-refractivity contribution is -0.122. The molecule has 3 rings (SSSR count). The average molecular weight is 491 g/mol. The number of benzene rings is 2. The lowest BCUT2D eigenvalue weighted by atomic mass is 10.2. The van der Waals surface area contributed by atoms with Gasteiger partial charge in [0, 0.05) is 6.54 Å². The van der Waals surface area contributed by atoms with Gasteiger partial charge in [0.15, 0.2) is 16.7 Å². The number of aliphatic imine (C=N–C) groups is 1. The van der Waals surface area contributed by atoms with Crippen LogP contribution in [-0.2, 0) is 4.79 Å². The maximum absolute atomic E-state index is 12.9. The highest BCUT2D eigenvalue weighted by atomic mass is 79.9. The normalized spacial score (nSPS) is 16.4. The minimum atomic E-state index is -0.999. The van der Waals surface area contributed by atoms with E-state index in [2.05, 4.69) is 20.9 Å². The maximum atomic E-state index is 12.9. The Hall–Kier alpha value is -2.78. The van der Waals surface area contributed by atoms with E-state index in [1.165, 1.54) is 23.9 Å². The molecule has 156 valence electrons. The molecule has 0 aliphatic carbocycles. The number of rotatable bonds is 6. The number of halogens is 1. The molecule has 1 aliphatic rings. The van der Waals surface area contributed by atoms with E-state index in [4.69, 9.17) is 14.6 Å². The highest BCUT2D eigenvalue weighted by Crippen LogP contribution is 2.39. The van der Waals surface area contributed by atoms with E-state index >= 15 is 0 Å². The van der Waals surface area contributed by atoms with E-state index in [0.717, 1.165) is 5.56 Å². The van der Waals surface area contributed by atoms with Crippen LogP contribution in [0, 0.1) is 0 Å². The number of amidine groups is 1. The van der Waals surface area contributed by atoms with Gasteiger partial charge in [0.1, 0.15) is 0 Å². The van der Waals surface area contributed by atoms with Crippen LogP contribution in [0.2, 0.25) is 0 Å². The van der Waals surface area contributed by atoms with Crippen molar-refractivity contribution in [2.45, 2.75) is 6.92 Å². The Morgan fingerprint density at radius 3 is 2.50 bits per heavy atom. The fraction of sp³-hybridized carbons (Fsp3) is 0.190. The fourth-order valence-corrected chi connectivity index (χ4v) is 4.52. The smallest absolute Gasteiger partial charge is 0.335 e. The van der Waals surface area contributed by atoms with Crippen LogP contribution in [0.15, 0.2) is 50.8 Å². The number of carboxylic acid groups (broad SMARTS) is 1. The van der Waals surface area contributed by atoms with Crippen LogP contribution in [0.1, 0.15) is 22.8 Å². The molecule has 9 heteroatoms. The fourth-order valence-electron chi connectivity index (χ4n) is 2.83. The molecule has 1 amide bonds. The summed E-state index contributed by atoms with van der Waals surface area (Å²) in [5.74, 6) is -0.0170. The van der Waals surface area contributed by atoms with Crippen LogP contribution in [0.4, 0.5) is 5.69 Å². The number of hydrogen-bond acceptors (Lipinski definition) is 6. The summed E-state index contributed by atoms with van der Waals surface area (Å²) in [4.78, 5) is 30.5. The summed E-state index contributed by atoms with van der Waals surface area (Å²) in [5, 5.41) is 9.56. The second kappa shape index (κ2) is 9.36. The van der Waals surface area contributed by atoms with E-state index < -0.39 is 5.97 Å². The number of amides is 1. The first-order chi connectivity index (χ1) is 14.4. The van der Waals surface area contributed by atoms with Crippen molar-refractivity contribution in [3.8, 4) is 11.5 Å². The van der Waals surface area contributed by atoms with Gasteiger partial charge < -0.3 is 14.6 Å². The van der Waals surface area contributed by atoms with Gasteiger partial charge >= 0.3 is 5.97 Å². The third kappa shape index (κ3) is 4.52. The predicted molar refractivity (Wildman–Crippen MR) is 121 cm³/mol. The van der Waals surface area contributed by atoms with E-state index in [-0.39, 0.29) is 11.5 Å². The number of nitrogens with zero attached hydrogens (tertiary/aromatic N) is 2. The van der Waals surface area contributed by atoms with Gasteiger partial charge in [-0.25, -0.2) is 9.79 Å². The molecule has 0 aromatic heterocycles. The Morgan fingerprint density at radius 1 is 1.23 bits per heavy atom. The SMILES string of the molecule is CCN1C(=O)/C(=C/c2cc(Br)c(OC)c(OC)c2)SC1=Nc1ccc(C(=O)O)cc1. The zero-order valence-corrected chi connectivity index (χ0v) is 18.9. The van der Waals surface area contributed by atoms with Crippen molar-refractivity contribution >= 4 is 56.5 Å². The van der Waals surface area contributed by atoms with Gasteiger partial charge in [0.2, 0.25) is 0 Å². The van der Waals surface area contributed by atoms with Crippen molar-refractivity contribution in [2.75, 3.05) is 20.8 Å². The summed E-state index contributed by atoms with van der Waals surface area (Å²) < 4.78 is 11.4. The van der Waals surface area contributed by atoms with Crippen LogP contribution in [0.5, 0.6) is 11.5 Å². The molecule has 1 N–H and O–H groups in total. The number of carbonyl (C=O) groups excluding carboxylic acids is 1. The zero-order chi connectivity index (χ0) is 21.8. The van der Waals surface area contributed by atoms with Crippen LogP contribution in [-0.4, -0.2) is 47.8 Å². The molecule has 1 fully saturated rings. The summed E-state index contributed by atoms with van der Waals surface area (Å²) in [7, 11) is 3.11. The van der Waals surface area contributed by atoms with E-state index in [1.54, 1.807) is 43.4 Å². The van der Waals surface area contributed by atoms with Crippen molar-refractivity contribution in [1.29, 1.82) is 0 Å². The number of carboxylic acids is 1. The summed E-state index contributed by atoms with van der Waals surface area (Å²) in [5.41, 5.74) is 1.53. The van der Waals surface area contributed by atoms with Crippen molar-refractivity contribution in [3.63, 3.8) is 0 Å². The molecule has 0 radical (unpaired) electrons. The van der Waals surface area contributed by atoms with Gasteiger partial charge in [-0.15, -0.1) is 0 Å². The molecule has 0 unspecified atom stereocenters. The lowest BCUT2D eigenvalue weighted by Crippen LogP contribution is -2.28. The van der Waals surface area contributed by atoms with Crippen molar-refractivity contribution in [1.82, 2.24) is 4.90 Å². The Labute approximate surface area is 186 Å². The predicted octanol–water partition coefficient (Wildman–Crippen LogP) is 4.79. The summed E-state index contributed by atoms with van der Waals surface area (Å²) >= 11 is 4.72. The number of ether oxygens (including phenoxy) is 2. The molecule has 1 heterocycles. The molecule has 0 saturated carbocycles. The Kier molecular flexibility index (Phi) is 6.84. The first-order valence-electron chi connectivity index (χ1n) is 8.93. The number of thioether (sulfide) groups is 1. The topological polar surface area (TPSA) is 88.4 Å². The minimum absolute atomic E-state index is 0.144. The first kappa shape index (κ1) is 21.9. The second-order valence-corrected chi connectivity index (χ2v) is 8.01. The minimum Gasteiger partial charge on any atom is -0.493 e. The molecule has 0 bridgehead atoms. The third-order valence-electron chi connectivity index (χ3n) is 4.30. The third-order valence-corrected chi connectivity index (χ3v) is 5.89. The number of likely N-dealkylation sites (N-methyl/N-ethyl adjacent to an activating group) is 1. The molecule has 30 heavy (non-hydrogen) atoms. The lowest BCUT2D eigenvalue weighted by Gasteiger charge is -2.12. The Bertz CT molecular complexity index is 1050. The van der Waals surface area contributed by atoms with Gasteiger partial charge in [-0.05, 0) is 82.7 Å². The molecule has 1 aliphatic heterocycles. The number of methoxy groups -OCH3 is 2. The quantitative estimate of drug-likeness (QED) is 0.585. The molecule has 7 nitrogen and oxygen atoms in total. The summed E-state index contributed by atoms with van der Waals surface area (Å²) in [6.07, 6.45) is 1.78. The molecular formula is C21H19BrN2O5S.